The quantitative estimate of drug-likeness (QED) is 0.838. The van der Waals surface area contributed by atoms with Gasteiger partial charge in [-0.15, -0.1) is 0 Å². The molecule has 100 valence electrons. The van der Waals surface area contributed by atoms with E-state index in [0.29, 0.717) is 21.9 Å². The van der Waals surface area contributed by atoms with E-state index in [1.54, 1.807) is 0 Å². The molecule has 1 fully saturated rings. The standard InChI is InChI=1S/C15H21Cl2N/c1-10-6-7-11(2)15(18,8-10)9-12-4-3-5-13(16)14(12)17/h3-5,10-11H,6-9,18H2,1-2H3. The highest BCUT2D eigenvalue weighted by molar-refractivity contribution is 6.42. The highest BCUT2D eigenvalue weighted by atomic mass is 35.5. The first-order valence-corrected chi connectivity index (χ1v) is 7.40. The van der Waals surface area contributed by atoms with Crippen LogP contribution in [0.1, 0.15) is 38.7 Å². The molecule has 0 amide bonds. The van der Waals surface area contributed by atoms with E-state index in [0.717, 1.165) is 18.4 Å². The molecule has 0 aromatic heterocycles. The summed E-state index contributed by atoms with van der Waals surface area (Å²) in [4.78, 5) is 0. The van der Waals surface area contributed by atoms with Gasteiger partial charge >= 0.3 is 0 Å². The Labute approximate surface area is 120 Å². The van der Waals surface area contributed by atoms with Crippen molar-refractivity contribution < 1.29 is 0 Å². The molecular formula is C15H21Cl2N. The molecule has 3 heteroatoms. The molecule has 0 radical (unpaired) electrons. The Kier molecular flexibility index (Phi) is 4.25. The van der Waals surface area contributed by atoms with E-state index in [1.165, 1.54) is 12.8 Å². The van der Waals surface area contributed by atoms with E-state index in [1.807, 2.05) is 18.2 Å². The fraction of sp³-hybridized carbons (Fsp3) is 0.600. The van der Waals surface area contributed by atoms with Crippen LogP contribution in [0.2, 0.25) is 10.0 Å². The Bertz CT molecular complexity index is 433. The SMILES string of the molecule is CC1CCC(C)C(N)(Cc2cccc(Cl)c2Cl)C1. The molecule has 2 rings (SSSR count). The molecule has 18 heavy (non-hydrogen) atoms. The normalized spacial score (nSPS) is 32.5. The van der Waals surface area contributed by atoms with Crippen molar-refractivity contribution in [2.45, 2.75) is 45.1 Å². The average molecular weight is 286 g/mol. The molecule has 0 bridgehead atoms. The summed E-state index contributed by atoms with van der Waals surface area (Å²) < 4.78 is 0. The van der Waals surface area contributed by atoms with Crippen molar-refractivity contribution >= 4 is 23.2 Å². The lowest BCUT2D eigenvalue weighted by Crippen LogP contribution is -2.51. The number of rotatable bonds is 2. The summed E-state index contributed by atoms with van der Waals surface area (Å²) in [5.74, 6) is 1.23. The Hall–Kier alpha value is -0.240. The van der Waals surface area contributed by atoms with Gasteiger partial charge in [0.05, 0.1) is 10.0 Å². The van der Waals surface area contributed by atoms with Crippen LogP contribution in [0.3, 0.4) is 0 Å². The zero-order valence-electron chi connectivity index (χ0n) is 11.0. The molecule has 3 unspecified atom stereocenters. The second-order valence-electron chi connectivity index (χ2n) is 5.91. The molecule has 1 nitrogen and oxygen atoms in total. The van der Waals surface area contributed by atoms with Gasteiger partial charge in [-0.2, -0.15) is 0 Å². The van der Waals surface area contributed by atoms with Gasteiger partial charge in [0.1, 0.15) is 0 Å². The van der Waals surface area contributed by atoms with Crippen LogP contribution in [0.25, 0.3) is 0 Å². The van der Waals surface area contributed by atoms with E-state index in [9.17, 15) is 0 Å². The van der Waals surface area contributed by atoms with Crippen LogP contribution in [0.5, 0.6) is 0 Å². The van der Waals surface area contributed by atoms with Crippen LogP contribution in [0.4, 0.5) is 0 Å². The Morgan fingerprint density at radius 2 is 2.00 bits per heavy atom. The number of hydrogen-bond donors (Lipinski definition) is 1. The van der Waals surface area contributed by atoms with Crippen molar-refractivity contribution in [2.24, 2.45) is 17.6 Å². The van der Waals surface area contributed by atoms with Crippen molar-refractivity contribution in [1.82, 2.24) is 0 Å². The van der Waals surface area contributed by atoms with Crippen LogP contribution in [-0.4, -0.2) is 5.54 Å². The van der Waals surface area contributed by atoms with Crippen LogP contribution in [0, 0.1) is 11.8 Å². The number of hydrogen-bond acceptors (Lipinski definition) is 1. The van der Waals surface area contributed by atoms with Crippen LogP contribution in [-0.2, 0) is 6.42 Å². The molecule has 1 aromatic carbocycles. The van der Waals surface area contributed by atoms with E-state index in [4.69, 9.17) is 28.9 Å². The number of nitrogens with two attached hydrogens (primary N) is 1. The van der Waals surface area contributed by atoms with E-state index >= 15 is 0 Å². The van der Waals surface area contributed by atoms with Gasteiger partial charge in [0, 0.05) is 5.54 Å². The van der Waals surface area contributed by atoms with Crippen molar-refractivity contribution in [1.29, 1.82) is 0 Å². The molecule has 0 saturated heterocycles. The van der Waals surface area contributed by atoms with Crippen molar-refractivity contribution in [3.63, 3.8) is 0 Å². The van der Waals surface area contributed by atoms with Gasteiger partial charge in [-0.05, 0) is 42.7 Å². The summed E-state index contributed by atoms with van der Waals surface area (Å²) in [5, 5.41) is 1.28. The summed E-state index contributed by atoms with van der Waals surface area (Å²) in [6, 6.07) is 5.81. The first kappa shape index (κ1) is 14.2. The number of halogens is 2. The Morgan fingerprint density at radius 3 is 2.72 bits per heavy atom. The van der Waals surface area contributed by atoms with Crippen LogP contribution in [0.15, 0.2) is 18.2 Å². The lowest BCUT2D eigenvalue weighted by Gasteiger charge is -2.42. The van der Waals surface area contributed by atoms with E-state index in [-0.39, 0.29) is 5.54 Å². The third-order valence-electron chi connectivity index (χ3n) is 4.35. The highest BCUT2D eigenvalue weighted by Crippen LogP contribution is 2.39. The van der Waals surface area contributed by atoms with Crippen molar-refractivity contribution in [3.05, 3.63) is 33.8 Å². The third kappa shape index (κ3) is 2.84. The Morgan fingerprint density at radius 1 is 1.28 bits per heavy atom. The van der Waals surface area contributed by atoms with Gasteiger partial charge in [-0.25, -0.2) is 0 Å². The highest BCUT2D eigenvalue weighted by Gasteiger charge is 2.37. The molecule has 1 saturated carbocycles. The van der Waals surface area contributed by atoms with Gasteiger partial charge in [0.15, 0.2) is 0 Å². The summed E-state index contributed by atoms with van der Waals surface area (Å²) in [5.41, 5.74) is 7.57. The maximum atomic E-state index is 6.64. The Balaban J connectivity index is 2.23. The van der Waals surface area contributed by atoms with Gasteiger partial charge in [0.25, 0.3) is 0 Å². The zero-order chi connectivity index (χ0) is 13.3. The molecule has 0 spiro atoms. The molecule has 1 aliphatic rings. The van der Waals surface area contributed by atoms with E-state index in [2.05, 4.69) is 13.8 Å². The summed E-state index contributed by atoms with van der Waals surface area (Å²) in [6.07, 6.45) is 4.37. The van der Waals surface area contributed by atoms with E-state index < -0.39 is 0 Å². The average Bonchev–Trinajstić information content (AvgIpc) is 2.30. The zero-order valence-corrected chi connectivity index (χ0v) is 12.6. The predicted molar refractivity (Wildman–Crippen MR) is 79.3 cm³/mol. The lowest BCUT2D eigenvalue weighted by atomic mass is 9.68. The van der Waals surface area contributed by atoms with Crippen molar-refractivity contribution in [3.8, 4) is 0 Å². The second-order valence-corrected chi connectivity index (χ2v) is 6.70. The van der Waals surface area contributed by atoms with Gasteiger partial charge in [-0.1, -0.05) is 55.6 Å². The maximum Gasteiger partial charge on any atom is 0.0624 e. The smallest absolute Gasteiger partial charge is 0.0624 e. The molecule has 1 aromatic rings. The fourth-order valence-corrected chi connectivity index (χ4v) is 3.45. The maximum absolute atomic E-state index is 6.64. The van der Waals surface area contributed by atoms with Crippen LogP contribution >= 0.6 is 23.2 Å². The molecule has 0 heterocycles. The first-order chi connectivity index (χ1) is 8.42. The molecule has 0 aliphatic heterocycles. The predicted octanol–water partition coefficient (Wildman–Crippen LogP) is 4.69. The monoisotopic (exact) mass is 285 g/mol. The lowest BCUT2D eigenvalue weighted by molar-refractivity contribution is 0.161. The molecule has 3 atom stereocenters. The second kappa shape index (κ2) is 5.40. The third-order valence-corrected chi connectivity index (χ3v) is 5.21. The topological polar surface area (TPSA) is 26.0 Å². The fourth-order valence-electron chi connectivity index (χ4n) is 3.06. The first-order valence-electron chi connectivity index (χ1n) is 6.64. The van der Waals surface area contributed by atoms with Gasteiger partial charge < -0.3 is 5.73 Å². The van der Waals surface area contributed by atoms with Crippen LogP contribution < -0.4 is 5.73 Å². The molecular weight excluding hydrogens is 265 g/mol. The minimum absolute atomic E-state index is 0.147. The van der Waals surface area contributed by atoms with Crippen molar-refractivity contribution in [2.75, 3.05) is 0 Å². The van der Waals surface area contributed by atoms with Gasteiger partial charge in [-0.3, -0.25) is 0 Å². The summed E-state index contributed by atoms with van der Waals surface area (Å²) in [6.45, 7) is 4.54. The number of benzene rings is 1. The summed E-state index contributed by atoms with van der Waals surface area (Å²) in [7, 11) is 0. The molecule has 1 aliphatic carbocycles. The summed E-state index contributed by atoms with van der Waals surface area (Å²) >= 11 is 12.3. The molecule has 2 N–H and O–H groups in total. The largest absolute Gasteiger partial charge is 0.325 e. The van der Waals surface area contributed by atoms with Gasteiger partial charge in [0.2, 0.25) is 0 Å². The minimum Gasteiger partial charge on any atom is -0.325 e. The minimum atomic E-state index is -0.147.